The van der Waals surface area contributed by atoms with Crippen molar-refractivity contribution in [3.63, 3.8) is 0 Å². The van der Waals surface area contributed by atoms with Gasteiger partial charge in [-0.3, -0.25) is 9.59 Å². The normalized spacial score (nSPS) is 20.9. The van der Waals surface area contributed by atoms with Crippen LogP contribution in [0, 0.1) is 0 Å². The molecule has 1 aliphatic rings. The lowest BCUT2D eigenvalue weighted by molar-refractivity contribution is -0.114. The van der Waals surface area contributed by atoms with Gasteiger partial charge in [0.15, 0.2) is 0 Å². The van der Waals surface area contributed by atoms with Gasteiger partial charge >= 0.3 is 5.97 Å². The minimum absolute atomic E-state index is 0.0737. The van der Waals surface area contributed by atoms with Crippen molar-refractivity contribution in [2.45, 2.75) is 32.0 Å². The second kappa shape index (κ2) is 5.44. The fourth-order valence-corrected chi connectivity index (χ4v) is 2.15. The van der Waals surface area contributed by atoms with E-state index in [9.17, 15) is 18.8 Å². The summed E-state index contributed by atoms with van der Waals surface area (Å²) in [5.74, 6) is -1.07. The molecule has 0 aromatic carbocycles. The molecule has 1 heterocycles. The molecule has 0 unspecified atom stereocenters. The molecule has 20 heavy (non-hydrogen) atoms. The highest BCUT2D eigenvalue weighted by molar-refractivity contribution is 6.00. The average molecular weight is 282 g/mol. The van der Waals surface area contributed by atoms with E-state index in [2.05, 4.69) is 10.1 Å². The number of methoxy groups -OCH3 is 1. The van der Waals surface area contributed by atoms with Crippen molar-refractivity contribution in [2.24, 2.45) is 0 Å². The molecule has 1 fully saturated rings. The molecule has 1 amide bonds. The summed E-state index contributed by atoms with van der Waals surface area (Å²) in [6.07, 6.45) is 0.902. The molecule has 1 aromatic heterocycles. The molecule has 0 spiro atoms. The molecule has 1 N–H and O–H groups in total. The zero-order valence-electron chi connectivity index (χ0n) is 11.2. The van der Waals surface area contributed by atoms with Crippen molar-refractivity contribution in [1.82, 2.24) is 4.57 Å². The smallest absolute Gasteiger partial charge is 0.341 e. The van der Waals surface area contributed by atoms with E-state index >= 15 is 0 Å². The zero-order valence-corrected chi connectivity index (χ0v) is 11.2. The van der Waals surface area contributed by atoms with Crippen molar-refractivity contribution < 1.29 is 18.7 Å². The first-order valence-corrected chi connectivity index (χ1v) is 6.18. The van der Waals surface area contributed by atoms with Crippen LogP contribution in [0.3, 0.4) is 0 Å². The van der Waals surface area contributed by atoms with Crippen molar-refractivity contribution >= 4 is 17.6 Å². The second-order valence-corrected chi connectivity index (χ2v) is 4.74. The fourth-order valence-electron chi connectivity index (χ4n) is 2.15. The van der Waals surface area contributed by atoms with Gasteiger partial charge in [0.2, 0.25) is 5.91 Å². The minimum Gasteiger partial charge on any atom is -0.465 e. The van der Waals surface area contributed by atoms with E-state index in [4.69, 9.17) is 0 Å². The Hall–Kier alpha value is -2.18. The zero-order chi connectivity index (χ0) is 14.9. The first-order valence-electron chi connectivity index (χ1n) is 6.18. The lowest BCUT2D eigenvalue weighted by atomic mass is 9.90. The first kappa shape index (κ1) is 14.2. The van der Waals surface area contributed by atoms with Gasteiger partial charge in [-0.2, -0.15) is 0 Å². The van der Waals surface area contributed by atoms with Crippen LogP contribution in [0.15, 0.2) is 17.1 Å². The number of hydrogen-bond acceptors (Lipinski definition) is 4. The standard InChI is InChI=1S/C13H15FN2O4/c1-7(17)15-11-5-12(18)16(9-3-8(14)4-9)6-10(11)13(19)20-2/h5-6,8-9H,3-4H2,1-2H3,(H,15,17)/t8-,9-. The summed E-state index contributed by atoms with van der Waals surface area (Å²) in [6.45, 7) is 1.27. The van der Waals surface area contributed by atoms with Crippen LogP contribution >= 0.6 is 0 Å². The van der Waals surface area contributed by atoms with Crippen LogP contribution in [0.1, 0.15) is 36.2 Å². The Morgan fingerprint density at radius 2 is 2.10 bits per heavy atom. The number of nitrogens with one attached hydrogen (secondary N) is 1. The summed E-state index contributed by atoms with van der Waals surface area (Å²) in [6, 6.07) is 0.895. The van der Waals surface area contributed by atoms with Gasteiger partial charge in [0.1, 0.15) is 6.17 Å². The van der Waals surface area contributed by atoms with Gasteiger partial charge < -0.3 is 14.6 Å². The van der Waals surface area contributed by atoms with Gasteiger partial charge in [-0.05, 0) is 12.8 Å². The Labute approximate surface area is 114 Å². The summed E-state index contributed by atoms with van der Waals surface area (Å²) in [7, 11) is 1.20. The summed E-state index contributed by atoms with van der Waals surface area (Å²) in [5, 5.41) is 2.41. The highest BCUT2D eigenvalue weighted by atomic mass is 19.1. The van der Waals surface area contributed by atoms with Crippen LogP contribution in [-0.4, -0.2) is 29.7 Å². The quantitative estimate of drug-likeness (QED) is 0.847. The van der Waals surface area contributed by atoms with E-state index < -0.39 is 23.6 Å². The maximum Gasteiger partial charge on any atom is 0.341 e. The SMILES string of the molecule is COC(=O)c1cn([C@H]2C[C@H](F)C2)c(=O)cc1NC(C)=O. The van der Waals surface area contributed by atoms with Gasteiger partial charge in [0, 0.05) is 25.2 Å². The van der Waals surface area contributed by atoms with Gasteiger partial charge in [0.25, 0.3) is 5.56 Å². The van der Waals surface area contributed by atoms with Crippen molar-refractivity contribution in [3.8, 4) is 0 Å². The third-order valence-corrected chi connectivity index (χ3v) is 3.25. The Kier molecular flexibility index (Phi) is 3.87. The van der Waals surface area contributed by atoms with Crippen LogP contribution < -0.4 is 10.9 Å². The average Bonchev–Trinajstić information content (AvgIpc) is 2.34. The molecule has 108 valence electrons. The summed E-state index contributed by atoms with van der Waals surface area (Å²) in [4.78, 5) is 34.8. The molecule has 7 heteroatoms. The number of nitrogens with zero attached hydrogens (tertiary/aromatic N) is 1. The minimum atomic E-state index is -0.913. The van der Waals surface area contributed by atoms with E-state index in [1.807, 2.05) is 0 Å². The van der Waals surface area contributed by atoms with E-state index in [1.54, 1.807) is 0 Å². The number of pyridine rings is 1. The number of carbonyl (C=O) groups excluding carboxylic acids is 2. The predicted octanol–water partition coefficient (Wildman–Crippen LogP) is 1.27. The van der Waals surface area contributed by atoms with Crippen molar-refractivity contribution in [1.29, 1.82) is 0 Å². The number of anilines is 1. The maximum atomic E-state index is 12.9. The summed E-state index contributed by atoms with van der Waals surface area (Å²) in [5.41, 5.74) is -0.218. The number of alkyl halides is 1. The van der Waals surface area contributed by atoms with Gasteiger partial charge in [-0.25, -0.2) is 9.18 Å². The molecule has 0 radical (unpaired) electrons. The first-order chi connectivity index (χ1) is 9.42. The molecule has 0 saturated heterocycles. The van der Waals surface area contributed by atoms with Crippen molar-refractivity contribution in [3.05, 3.63) is 28.2 Å². The molecule has 6 nitrogen and oxygen atoms in total. The fraction of sp³-hybridized carbons (Fsp3) is 0.462. The number of halogens is 1. The Bertz CT molecular complexity index is 605. The molecule has 1 aliphatic carbocycles. The topological polar surface area (TPSA) is 77.4 Å². The van der Waals surface area contributed by atoms with E-state index in [1.165, 1.54) is 24.8 Å². The highest BCUT2D eigenvalue weighted by Crippen LogP contribution is 2.34. The molecule has 0 bridgehead atoms. The monoisotopic (exact) mass is 282 g/mol. The molecule has 1 aromatic rings. The molecular weight excluding hydrogens is 267 g/mol. The van der Waals surface area contributed by atoms with Crippen LogP contribution in [0.25, 0.3) is 0 Å². The number of amides is 1. The van der Waals surface area contributed by atoms with E-state index in [0.717, 1.165) is 6.07 Å². The number of ether oxygens (including phenoxy) is 1. The largest absolute Gasteiger partial charge is 0.465 e. The van der Waals surface area contributed by atoms with E-state index in [0.29, 0.717) is 0 Å². The van der Waals surface area contributed by atoms with Crippen LogP contribution in [0.2, 0.25) is 0 Å². The molecular formula is C13H15FN2O4. The third-order valence-electron chi connectivity index (χ3n) is 3.25. The number of rotatable bonds is 3. The van der Waals surface area contributed by atoms with Crippen LogP contribution in [0.4, 0.5) is 10.1 Å². The Morgan fingerprint density at radius 1 is 1.45 bits per heavy atom. The lowest BCUT2D eigenvalue weighted by Crippen LogP contribution is -2.35. The van der Waals surface area contributed by atoms with Crippen LogP contribution in [0.5, 0.6) is 0 Å². The lowest BCUT2D eigenvalue weighted by Gasteiger charge is -2.31. The number of esters is 1. The number of carbonyl (C=O) groups is 2. The summed E-state index contributed by atoms with van der Waals surface area (Å²) >= 11 is 0. The molecule has 0 atom stereocenters. The predicted molar refractivity (Wildman–Crippen MR) is 69.5 cm³/mol. The van der Waals surface area contributed by atoms with Gasteiger partial charge in [0.05, 0.1) is 18.4 Å². The molecule has 0 aliphatic heterocycles. The number of hydrogen-bond donors (Lipinski definition) is 1. The van der Waals surface area contributed by atoms with Gasteiger partial charge in [-0.15, -0.1) is 0 Å². The number of aromatic nitrogens is 1. The Balaban J connectivity index is 2.44. The van der Waals surface area contributed by atoms with Gasteiger partial charge in [-0.1, -0.05) is 0 Å². The Morgan fingerprint density at radius 3 is 2.60 bits per heavy atom. The molecule has 2 rings (SSSR count). The summed E-state index contributed by atoms with van der Waals surface area (Å²) < 4.78 is 18.8. The van der Waals surface area contributed by atoms with E-state index in [-0.39, 0.29) is 30.1 Å². The second-order valence-electron chi connectivity index (χ2n) is 4.74. The maximum absolute atomic E-state index is 12.9. The highest BCUT2D eigenvalue weighted by Gasteiger charge is 2.31. The van der Waals surface area contributed by atoms with Crippen molar-refractivity contribution in [2.75, 3.05) is 12.4 Å². The van der Waals surface area contributed by atoms with Crippen LogP contribution in [-0.2, 0) is 9.53 Å². The molecule has 1 saturated carbocycles. The third kappa shape index (κ3) is 2.71.